The summed E-state index contributed by atoms with van der Waals surface area (Å²) in [5, 5.41) is 7.86. The average Bonchev–Trinajstić information content (AvgIpc) is 1.27. The molecule has 0 aromatic carbocycles. The van der Waals surface area contributed by atoms with Crippen LogP contribution in [0.4, 0.5) is 0 Å². The molecule has 3 heteroatoms. The van der Waals surface area contributed by atoms with Gasteiger partial charge in [-0.1, -0.05) is 0 Å². The van der Waals surface area contributed by atoms with Gasteiger partial charge in [0.1, 0.15) is 12.2 Å². The van der Waals surface area contributed by atoms with Gasteiger partial charge in [0.05, 0.1) is 0 Å². The first kappa shape index (κ1) is 6.14. The first-order valence-electron chi connectivity index (χ1n) is 1.84. The average molecular weight is 103 g/mol. The fraction of sp³-hybridized carbons (Fsp3) is 0.500. The second kappa shape index (κ2) is 2.34. The predicted molar refractivity (Wildman–Crippen MR) is 22.9 cm³/mol. The van der Waals surface area contributed by atoms with Crippen LogP contribution in [0.1, 0.15) is 13.3 Å². The monoisotopic (exact) mass is 103 g/mol. The van der Waals surface area contributed by atoms with Crippen LogP contribution in [0.5, 0.6) is 0 Å². The van der Waals surface area contributed by atoms with Gasteiger partial charge in [0.2, 0.25) is 0 Å². The van der Waals surface area contributed by atoms with Crippen molar-refractivity contribution in [3.05, 3.63) is 0 Å². The molecule has 0 bridgehead atoms. The normalized spacial score (nSPS) is 8.14. The second-order valence-electron chi connectivity index (χ2n) is 1.27. The summed E-state index contributed by atoms with van der Waals surface area (Å²) in [6, 6.07) is 0. The molecular formula is C4H6O3. The van der Waals surface area contributed by atoms with E-state index in [9.17, 15) is 9.59 Å². The fourth-order valence-electron chi connectivity index (χ4n) is 0.213. The van der Waals surface area contributed by atoms with E-state index in [1.54, 1.807) is 0 Å². The van der Waals surface area contributed by atoms with E-state index < -0.39 is 5.97 Å². The van der Waals surface area contributed by atoms with Crippen molar-refractivity contribution in [3.63, 3.8) is 0 Å². The molecule has 3 nitrogen and oxygen atoms in total. The minimum Gasteiger partial charge on any atom is -0.481 e. The smallest absolute Gasteiger partial charge is 0.310 e. The van der Waals surface area contributed by atoms with Gasteiger partial charge in [0.15, 0.2) is 0 Å². The Kier molecular flexibility index (Phi) is 2.05. The molecule has 0 heterocycles. The van der Waals surface area contributed by atoms with Gasteiger partial charge in [-0.25, -0.2) is 0 Å². The molecule has 0 saturated heterocycles. The number of hydrogen-bond acceptors (Lipinski definition) is 2. The van der Waals surface area contributed by atoms with Crippen LogP contribution in [0.25, 0.3) is 0 Å². The Morgan fingerprint density at radius 2 is 2.00 bits per heavy atom. The lowest BCUT2D eigenvalue weighted by molar-refractivity contribution is -0.139. The molecule has 0 aromatic heterocycles. The summed E-state index contributed by atoms with van der Waals surface area (Å²) >= 11 is 0. The van der Waals surface area contributed by atoms with Crippen molar-refractivity contribution in [1.82, 2.24) is 0 Å². The van der Waals surface area contributed by atoms with Crippen molar-refractivity contribution in [1.29, 1.82) is 0 Å². The molecule has 0 radical (unpaired) electrons. The number of carboxylic acids is 1. The zero-order valence-electron chi connectivity index (χ0n) is 3.97. The van der Waals surface area contributed by atoms with E-state index in [1.165, 1.54) is 6.92 Å². The van der Waals surface area contributed by atoms with Crippen molar-refractivity contribution in [3.8, 4) is 0 Å². The third kappa shape index (κ3) is 5.14. The maximum Gasteiger partial charge on any atom is 0.310 e. The molecule has 1 N–H and O–H groups in total. The van der Waals surface area contributed by atoms with E-state index in [2.05, 4.69) is 0 Å². The lowest BCUT2D eigenvalue weighted by Gasteiger charge is -1.80. The van der Waals surface area contributed by atoms with E-state index in [-0.39, 0.29) is 12.2 Å². The molecule has 0 spiro atoms. The number of carbonyl (C=O) groups is 2. The van der Waals surface area contributed by atoms with Crippen LogP contribution in [0, 0.1) is 0 Å². The van der Waals surface area contributed by atoms with E-state index in [4.69, 9.17) is 5.11 Å². The van der Waals surface area contributed by atoms with Crippen molar-refractivity contribution < 1.29 is 14.7 Å². The summed E-state index contributed by atoms with van der Waals surface area (Å²) in [5.74, 6) is -1.37. The summed E-state index contributed by atoms with van der Waals surface area (Å²) in [4.78, 5) is 19.5. The Bertz CT molecular complexity index is 83.1. The van der Waals surface area contributed by atoms with Gasteiger partial charge in [-0.15, -0.1) is 0 Å². The van der Waals surface area contributed by atoms with E-state index >= 15 is 0 Å². The Morgan fingerprint density at radius 1 is 1.57 bits per heavy atom. The molecule has 0 aliphatic heterocycles. The minimum atomic E-state index is -1.06. The van der Waals surface area contributed by atoms with Crippen molar-refractivity contribution in [2.75, 3.05) is 0 Å². The quantitative estimate of drug-likeness (QED) is 0.397. The summed E-state index contributed by atoms with van der Waals surface area (Å²) < 4.78 is 0. The summed E-state index contributed by atoms with van der Waals surface area (Å²) in [6.07, 6.45) is -0.361. The third-order valence-electron chi connectivity index (χ3n) is 0.400. The molecule has 0 rings (SSSR count). The van der Waals surface area contributed by atoms with Gasteiger partial charge < -0.3 is 5.11 Å². The van der Waals surface area contributed by atoms with Crippen LogP contribution in [-0.2, 0) is 9.59 Å². The van der Waals surface area contributed by atoms with Crippen LogP contribution in [0.3, 0.4) is 0 Å². The van der Waals surface area contributed by atoms with Crippen LogP contribution < -0.4 is 0 Å². The maximum atomic E-state index is 9.87. The molecule has 0 unspecified atom stereocenters. The van der Waals surface area contributed by atoms with E-state index in [1.807, 2.05) is 0 Å². The van der Waals surface area contributed by atoms with E-state index in [0.29, 0.717) is 0 Å². The third-order valence-corrected chi connectivity index (χ3v) is 0.400. The van der Waals surface area contributed by atoms with Crippen LogP contribution in [-0.4, -0.2) is 16.9 Å². The van der Waals surface area contributed by atoms with Gasteiger partial charge in [0, 0.05) is 0 Å². The molecule has 0 saturated carbocycles. The SMILES string of the molecule is C[13C](=O)CC(=O)O. The van der Waals surface area contributed by atoms with Crippen LogP contribution >= 0.6 is 0 Å². The highest BCUT2D eigenvalue weighted by atomic mass is 16.4. The standard InChI is InChI=1S/C4H6O3/c1-3(5)2-4(6)7/h2H2,1H3,(H,6,7)/i3+1. The molecule has 0 fully saturated rings. The molecule has 0 aliphatic carbocycles. The lowest BCUT2D eigenvalue weighted by Crippen LogP contribution is -2.00. The first-order chi connectivity index (χ1) is 3.13. The Morgan fingerprint density at radius 3 is 2.00 bits per heavy atom. The lowest BCUT2D eigenvalue weighted by atomic mass is 10.6. The number of hydrogen-bond donors (Lipinski definition) is 1. The molecule has 0 amide bonds. The van der Waals surface area contributed by atoms with E-state index in [0.717, 1.165) is 0 Å². The Labute approximate surface area is 41.0 Å². The predicted octanol–water partition coefficient (Wildman–Crippen LogP) is 0.0501. The number of aliphatic carboxylic acids is 1. The Balaban J connectivity index is 3.32. The van der Waals surface area contributed by atoms with Crippen molar-refractivity contribution >= 4 is 11.8 Å². The highest BCUT2D eigenvalue weighted by Gasteiger charge is 1.98. The topological polar surface area (TPSA) is 54.4 Å². The number of carboxylic acid groups (broad SMARTS) is 1. The summed E-state index contributed by atoms with van der Waals surface area (Å²) in [6.45, 7) is 1.24. The zero-order valence-corrected chi connectivity index (χ0v) is 3.97. The molecule has 0 aromatic rings. The Hall–Kier alpha value is -0.860. The fourth-order valence-corrected chi connectivity index (χ4v) is 0.213. The number of carbonyl (C=O) groups excluding carboxylic acids is 1. The van der Waals surface area contributed by atoms with Crippen molar-refractivity contribution in [2.45, 2.75) is 13.3 Å². The number of rotatable bonds is 2. The van der Waals surface area contributed by atoms with Gasteiger partial charge >= 0.3 is 5.97 Å². The highest BCUT2D eigenvalue weighted by Crippen LogP contribution is 1.77. The summed E-state index contributed by atoms with van der Waals surface area (Å²) in [5.41, 5.74) is 0. The maximum absolute atomic E-state index is 9.87. The van der Waals surface area contributed by atoms with Gasteiger partial charge in [0.25, 0.3) is 0 Å². The largest absolute Gasteiger partial charge is 0.481 e. The number of ketones is 1. The van der Waals surface area contributed by atoms with Gasteiger partial charge in [-0.05, 0) is 6.92 Å². The van der Waals surface area contributed by atoms with Gasteiger partial charge in [-0.3, -0.25) is 9.59 Å². The summed E-state index contributed by atoms with van der Waals surface area (Å²) in [7, 11) is 0. The minimum absolute atomic E-state index is 0.312. The zero-order chi connectivity index (χ0) is 5.86. The molecule has 40 valence electrons. The molecule has 0 aliphatic rings. The second-order valence-corrected chi connectivity index (χ2v) is 1.27. The van der Waals surface area contributed by atoms with Crippen LogP contribution in [0.15, 0.2) is 0 Å². The van der Waals surface area contributed by atoms with Crippen LogP contribution in [0.2, 0.25) is 0 Å². The number of Topliss-reactive ketones (excluding diaryl/α,β-unsaturated/α-hetero) is 1. The van der Waals surface area contributed by atoms with Gasteiger partial charge in [-0.2, -0.15) is 0 Å². The first-order valence-corrected chi connectivity index (χ1v) is 1.84. The van der Waals surface area contributed by atoms with Crippen molar-refractivity contribution in [2.24, 2.45) is 0 Å². The molecular weight excluding hydrogens is 97.0 g/mol. The highest BCUT2D eigenvalue weighted by molar-refractivity contribution is 5.93. The molecule has 0 atom stereocenters. The molecule has 7 heavy (non-hydrogen) atoms.